The van der Waals surface area contributed by atoms with Gasteiger partial charge in [0.1, 0.15) is 12.0 Å². The zero-order valence-electron chi connectivity index (χ0n) is 21.0. The molecule has 6 aliphatic rings. The maximum Gasteiger partial charge on any atom is 0.255 e. The number of halogens is 2. The van der Waals surface area contributed by atoms with E-state index in [2.05, 4.69) is 10.6 Å². The Hall–Kier alpha value is -2.74. The number of hydrogen-bond donors (Lipinski definition) is 2. The van der Waals surface area contributed by atoms with E-state index in [1.54, 1.807) is 36.9 Å². The number of rotatable bonds is 9. The lowest BCUT2D eigenvalue weighted by atomic mass is 9.41. The number of hydrogen-bond acceptors (Lipinski definition) is 4. The van der Waals surface area contributed by atoms with Crippen LogP contribution >= 0.6 is 0 Å². The maximum atomic E-state index is 14.9. The molecule has 1 aromatic carbocycles. The topological polar surface area (TPSA) is 72.4 Å². The van der Waals surface area contributed by atoms with E-state index in [0.29, 0.717) is 23.7 Å². The third kappa shape index (κ3) is 3.44. The second-order valence-corrected chi connectivity index (χ2v) is 11.8. The highest BCUT2D eigenvalue weighted by Gasteiger charge is 2.68. The molecule has 1 heterocycles. The second kappa shape index (κ2) is 7.88. The number of alkyl halides is 1. The Morgan fingerprint density at radius 3 is 2.44 bits per heavy atom. The average molecular weight is 498 g/mol. The summed E-state index contributed by atoms with van der Waals surface area (Å²) < 4.78 is 36.1. The number of carbonyl (C=O) groups excluding carboxylic acids is 1. The van der Waals surface area contributed by atoms with Gasteiger partial charge >= 0.3 is 0 Å². The number of anilines is 1. The van der Waals surface area contributed by atoms with Crippen molar-refractivity contribution in [2.75, 3.05) is 19.0 Å². The zero-order chi connectivity index (χ0) is 25.5. The molecule has 1 aromatic heterocycles. The monoisotopic (exact) mass is 497 g/mol. The fourth-order valence-corrected chi connectivity index (χ4v) is 7.10. The van der Waals surface area contributed by atoms with Crippen molar-refractivity contribution in [1.82, 2.24) is 9.88 Å². The van der Waals surface area contributed by atoms with Crippen LogP contribution in [0.1, 0.15) is 86.1 Å². The Morgan fingerprint density at radius 1 is 1.19 bits per heavy atom. The molecule has 0 spiro atoms. The summed E-state index contributed by atoms with van der Waals surface area (Å²) in [6, 6.07) is 5.42. The van der Waals surface area contributed by atoms with Crippen LogP contribution in [0.15, 0.2) is 35.3 Å². The fraction of sp³-hybridized carbons (Fsp3) is 0.571. The van der Waals surface area contributed by atoms with Crippen LogP contribution in [0.3, 0.4) is 0 Å². The van der Waals surface area contributed by atoms with Crippen LogP contribution in [0.5, 0.6) is 0 Å². The lowest BCUT2D eigenvalue weighted by Gasteiger charge is -2.69. The van der Waals surface area contributed by atoms with E-state index in [1.165, 1.54) is 19.1 Å². The molecule has 6 fully saturated rings. The second-order valence-electron chi connectivity index (χ2n) is 11.8. The van der Waals surface area contributed by atoms with Gasteiger partial charge in [-0.1, -0.05) is 18.2 Å². The van der Waals surface area contributed by atoms with Crippen molar-refractivity contribution in [2.24, 2.45) is 11.3 Å². The number of ether oxygens (including phenoxy) is 1. The number of benzene rings is 1. The van der Waals surface area contributed by atoms with Gasteiger partial charge in [0.25, 0.3) is 11.5 Å². The molecule has 6 saturated carbocycles. The van der Waals surface area contributed by atoms with Gasteiger partial charge < -0.3 is 19.9 Å². The van der Waals surface area contributed by atoms with Crippen molar-refractivity contribution in [3.63, 3.8) is 0 Å². The summed E-state index contributed by atoms with van der Waals surface area (Å²) in [6.07, 6.45) is 6.08. The maximum absolute atomic E-state index is 14.9. The minimum Gasteiger partial charge on any atom is -0.384 e. The summed E-state index contributed by atoms with van der Waals surface area (Å²) in [5.74, 6) is -0.361. The van der Waals surface area contributed by atoms with E-state index in [9.17, 15) is 18.4 Å². The molecule has 8 heteroatoms. The lowest BCUT2D eigenvalue weighted by molar-refractivity contribution is -0.267. The van der Waals surface area contributed by atoms with Gasteiger partial charge in [-0.15, -0.1) is 0 Å². The Bertz CT molecular complexity index is 1270. The summed E-state index contributed by atoms with van der Waals surface area (Å²) in [6.45, 7) is 3.63. The van der Waals surface area contributed by atoms with E-state index >= 15 is 0 Å². The van der Waals surface area contributed by atoms with Gasteiger partial charge in [0, 0.05) is 42.6 Å². The van der Waals surface area contributed by atoms with E-state index < -0.39 is 23.9 Å². The molecule has 6 nitrogen and oxygen atoms in total. The molecule has 1 amide bonds. The highest BCUT2D eigenvalue weighted by Crippen LogP contribution is 2.68. The standard InChI is InChI=1S/C28H33F2N3O3/c1-16(29)19-5-4-6-20(24(19)30)17(2)32-25(35)21-11-33(27-8-18(9-27)10-27)23(34)7-22(21)31-15-26-12-28(13-26,14-26)36-3/h4-7,11,16-18,31H,8-10,12-15H2,1-3H3,(H,32,35)/t16?,17-,18?,26?,27?,28?/m1/s1. The third-order valence-corrected chi connectivity index (χ3v) is 9.29. The summed E-state index contributed by atoms with van der Waals surface area (Å²) in [4.78, 5) is 26.6. The first-order chi connectivity index (χ1) is 17.1. The van der Waals surface area contributed by atoms with Gasteiger partial charge in [0.15, 0.2) is 0 Å². The largest absolute Gasteiger partial charge is 0.384 e. The smallest absolute Gasteiger partial charge is 0.255 e. The van der Waals surface area contributed by atoms with E-state index in [1.807, 2.05) is 0 Å². The molecule has 2 N–H and O–H groups in total. The van der Waals surface area contributed by atoms with Crippen LogP contribution in [0.2, 0.25) is 0 Å². The first-order valence-corrected chi connectivity index (χ1v) is 12.9. The van der Waals surface area contributed by atoms with Gasteiger partial charge in [0.2, 0.25) is 0 Å². The summed E-state index contributed by atoms with van der Waals surface area (Å²) in [5.41, 5.74) is 0.948. The molecule has 36 heavy (non-hydrogen) atoms. The Labute approximate surface area is 209 Å². The molecule has 8 rings (SSSR count). The van der Waals surface area contributed by atoms with Crippen LogP contribution in [-0.2, 0) is 10.3 Å². The predicted octanol–water partition coefficient (Wildman–Crippen LogP) is 5.00. The molecule has 2 atom stereocenters. The molecule has 6 aliphatic carbocycles. The highest BCUT2D eigenvalue weighted by atomic mass is 19.1. The van der Waals surface area contributed by atoms with Crippen molar-refractivity contribution in [2.45, 2.75) is 75.7 Å². The quantitative estimate of drug-likeness (QED) is 0.512. The third-order valence-electron chi connectivity index (χ3n) is 9.29. The Kier molecular flexibility index (Phi) is 5.17. The normalized spacial score (nSPS) is 32.8. The van der Waals surface area contributed by atoms with Crippen LogP contribution in [0.4, 0.5) is 14.5 Å². The highest BCUT2D eigenvalue weighted by molar-refractivity contribution is 5.99. The van der Waals surface area contributed by atoms with Crippen molar-refractivity contribution < 1.29 is 18.3 Å². The molecule has 0 aliphatic heterocycles. The zero-order valence-corrected chi connectivity index (χ0v) is 21.0. The van der Waals surface area contributed by atoms with Crippen LogP contribution in [-0.4, -0.2) is 29.7 Å². The van der Waals surface area contributed by atoms with Crippen molar-refractivity contribution >= 4 is 11.6 Å². The van der Waals surface area contributed by atoms with Gasteiger partial charge in [-0.25, -0.2) is 8.78 Å². The molecule has 0 radical (unpaired) electrons. The predicted molar refractivity (Wildman–Crippen MR) is 132 cm³/mol. The summed E-state index contributed by atoms with van der Waals surface area (Å²) >= 11 is 0. The Morgan fingerprint density at radius 2 is 1.86 bits per heavy atom. The SMILES string of the molecule is COC12CC(CNc3cc(=O)n(C45CC(C4)C5)cc3C(=O)N[C@H](C)c3cccc(C(C)F)c3F)(C1)C2. The molecule has 4 bridgehead atoms. The number of nitrogens with zero attached hydrogens (tertiary/aromatic N) is 1. The minimum atomic E-state index is -1.45. The number of pyridine rings is 1. The number of aromatic nitrogens is 1. The lowest BCUT2D eigenvalue weighted by Crippen LogP contribution is -2.70. The number of amides is 1. The first kappa shape index (κ1) is 23.6. The van der Waals surface area contributed by atoms with Crippen LogP contribution < -0.4 is 16.2 Å². The van der Waals surface area contributed by atoms with Crippen molar-refractivity contribution in [3.05, 3.63) is 63.3 Å². The van der Waals surface area contributed by atoms with E-state index in [-0.39, 0.29) is 33.2 Å². The first-order valence-electron chi connectivity index (χ1n) is 12.9. The summed E-state index contributed by atoms with van der Waals surface area (Å²) in [5, 5.41) is 6.26. The van der Waals surface area contributed by atoms with E-state index in [4.69, 9.17) is 4.74 Å². The molecule has 192 valence electrons. The molecule has 2 aromatic rings. The van der Waals surface area contributed by atoms with Gasteiger partial charge in [-0.3, -0.25) is 9.59 Å². The average Bonchev–Trinajstić information content (AvgIpc) is 2.71. The van der Waals surface area contributed by atoms with Crippen LogP contribution in [0, 0.1) is 17.2 Å². The minimum absolute atomic E-state index is 0.0145. The van der Waals surface area contributed by atoms with Crippen molar-refractivity contribution in [1.29, 1.82) is 0 Å². The van der Waals surface area contributed by atoms with E-state index in [0.717, 1.165) is 38.5 Å². The molecule has 1 unspecified atom stereocenters. The Balaban J connectivity index is 1.26. The van der Waals surface area contributed by atoms with Crippen molar-refractivity contribution in [3.8, 4) is 0 Å². The number of carbonyl (C=O) groups is 1. The van der Waals surface area contributed by atoms with Gasteiger partial charge in [-0.2, -0.15) is 0 Å². The molecule has 0 saturated heterocycles. The molecular formula is C28H33F2N3O3. The van der Waals surface area contributed by atoms with Crippen LogP contribution in [0.25, 0.3) is 0 Å². The fourth-order valence-electron chi connectivity index (χ4n) is 7.10. The number of nitrogens with one attached hydrogen (secondary N) is 2. The number of methoxy groups -OCH3 is 1. The molecular weight excluding hydrogens is 464 g/mol. The van der Waals surface area contributed by atoms with Gasteiger partial charge in [-0.05, 0) is 63.7 Å². The van der Waals surface area contributed by atoms with Gasteiger partial charge in [0.05, 0.1) is 22.9 Å². The summed E-state index contributed by atoms with van der Waals surface area (Å²) in [7, 11) is 1.75.